The molecule has 144 valence electrons. The number of rotatable bonds is 8. The number of hydrogen-bond acceptors (Lipinski definition) is 7. The Kier molecular flexibility index (Phi) is 7.25. The Morgan fingerprint density at radius 2 is 1.96 bits per heavy atom. The zero-order valence-electron chi connectivity index (χ0n) is 16.1. The summed E-state index contributed by atoms with van der Waals surface area (Å²) in [6.45, 7) is 3.47. The minimum Gasteiger partial charge on any atom is -0.465 e. The van der Waals surface area contributed by atoms with Gasteiger partial charge in [0.15, 0.2) is 0 Å². The van der Waals surface area contributed by atoms with E-state index in [1.54, 1.807) is 37.3 Å². The Labute approximate surface area is 159 Å². The van der Waals surface area contributed by atoms with Crippen LogP contribution >= 0.6 is 0 Å². The van der Waals surface area contributed by atoms with Gasteiger partial charge in [-0.1, -0.05) is 6.07 Å². The van der Waals surface area contributed by atoms with Gasteiger partial charge in [-0.05, 0) is 58.3 Å². The van der Waals surface area contributed by atoms with E-state index in [1.165, 1.54) is 7.11 Å². The van der Waals surface area contributed by atoms with Crippen molar-refractivity contribution < 1.29 is 14.3 Å². The summed E-state index contributed by atoms with van der Waals surface area (Å²) in [5, 5.41) is 5.88. The number of carbonyl (C=O) groups is 2. The Morgan fingerprint density at radius 1 is 1.19 bits per heavy atom. The normalized spacial score (nSPS) is 10.6. The number of nitrogens with one attached hydrogen (secondary N) is 2. The second-order valence-corrected chi connectivity index (χ2v) is 6.33. The summed E-state index contributed by atoms with van der Waals surface area (Å²) >= 11 is 0. The van der Waals surface area contributed by atoms with Gasteiger partial charge < -0.3 is 20.3 Å². The van der Waals surface area contributed by atoms with E-state index in [-0.39, 0.29) is 11.6 Å². The van der Waals surface area contributed by atoms with Crippen molar-refractivity contribution in [2.75, 3.05) is 44.9 Å². The molecule has 1 aromatic carbocycles. The fraction of sp³-hybridized carbons (Fsp3) is 0.368. The van der Waals surface area contributed by atoms with Gasteiger partial charge in [0, 0.05) is 17.9 Å². The van der Waals surface area contributed by atoms with E-state index in [0.717, 1.165) is 13.0 Å². The quantitative estimate of drug-likeness (QED) is 0.542. The van der Waals surface area contributed by atoms with E-state index in [0.29, 0.717) is 29.4 Å². The van der Waals surface area contributed by atoms with Gasteiger partial charge in [-0.3, -0.25) is 4.79 Å². The number of nitrogens with zero attached hydrogens (tertiary/aromatic N) is 3. The number of benzene rings is 1. The van der Waals surface area contributed by atoms with Crippen molar-refractivity contribution >= 4 is 23.5 Å². The van der Waals surface area contributed by atoms with E-state index in [2.05, 4.69) is 25.5 Å². The maximum Gasteiger partial charge on any atom is 0.337 e. The molecule has 0 aliphatic heterocycles. The minimum absolute atomic E-state index is 0.251. The average Bonchev–Trinajstić information content (AvgIpc) is 2.64. The van der Waals surface area contributed by atoms with E-state index in [9.17, 15) is 9.59 Å². The number of anilines is 2. The van der Waals surface area contributed by atoms with Crippen LogP contribution in [0.25, 0.3) is 0 Å². The Morgan fingerprint density at radius 3 is 2.67 bits per heavy atom. The highest BCUT2D eigenvalue weighted by molar-refractivity contribution is 6.03. The number of carbonyl (C=O) groups excluding carboxylic acids is 2. The highest BCUT2D eigenvalue weighted by Gasteiger charge is 2.12. The number of amides is 1. The van der Waals surface area contributed by atoms with Crippen LogP contribution in [0.3, 0.4) is 0 Å². The molecule has 0 saturated carbocycles. The summed E-state index contributed by atoms with van der Waals surface area (Å²) in [6, 6.07) is 8.15. The number of aryl methyl sites for hydroxylation is 1. The fourth-order valence-corrected chi connectivity index (χ4v) is 2.40. The first-order valence-corrected chi connectivity index (χ1v) is 8.63. The molecule has 8 nitrogen and oxygen atoms in total. The van der Waals surface area contributed by atoms with Crippen LogP contribution in [0.15, 0.2) is 30.3 Å². The first-order valence-electron chi connectivity index (χ1n) is 8.63. The second kappa shape index (κ2) is 9.63. The number of ether oxygens (including phenoxy) is 1. The summed E-state index contributed by atoms with van der Waals surface area (Å²) < 4.78 is 4.69. The van der Waals surface area contributed by atoms with Crippen LogP contribution in [0.2, 0.25) is 0 Å². The summed E-state index contributed by atoms with van der Waals surface area (Å²) in [5.74, 6) is -0.422. The van der Waals surface area contributed by atoms with Gasteiger partial charge in [0.05, 0.1) is 12.7 Å². The zero-order chi connectivity index (χ0) is 19.8. The second-order valence-electron chi connectivity index (χ2n) is 6.33. The van der Waals surface area contributed by atoms with E-state index < -0.39 is 5.97 Å². The Hall–Kier alpha value is -3.00. The standard InChI is InChI=1S/C19H25N5O3/c1-13-11-16(23-19(21-13)20-9-6-10-24(2)3)17(25)22-15-8-5-7-14(12-15)18(26)27-4/h5,7-8,11-12H,6,9-10H2,1-4H3,(H,22,25)(H,20,21,23). The highest BCUT2D eigenvalue weighted by Crippen LogP contribution is 2.14. The Bertz CT molecular complexity index is 808. The van der Waals surface area contributed by atoms with Gasteiger partial charge in [-0.25, -0.2) is 14.8 Å². The van der Waals surface area contributed by atoms with Gasteiger partial charge in [0.2, 0.25) is 5.95 Å². The zero-order valence-corrected chi connectivity index (χ0v) is 16.1. The van der Waals surface area contributed by atoms with Crippen LogP contribution in [0.1, 0.15) is 33.0 Å². The van der Waals surface area contributed by atoms with Crippen molar-refractivity contribution in [2.24, 2.45) is 0 Å². The molecule has 2 rings (SSSR count). The lowest BCUT2D eigenvalue weighted by atomic mass is 10.2. The monoisotopic (exact) mass is 371 g/mol. The average molecular weight is 371 g/mol. The molecule has 0 fully saturated rings. The van der Waals surface area contributed by atoms with E-state index >= 15 is 0 Å². The molecule has 0 spiro atoms. The lowest BCUT2D eigenvalue weighted by molar-refractivity contribution is 0.0600. The topological polar surface area (TPSA) is 96.4 Å². The third-order valence-electron chi connectivity index (χ3n) is 3.69. The van der Waals surface area contributed by atoms with Crippen LogP contribution in [0.5, 0.6) is 0 Å². The minimum atomic E-state index is -0.465. The lowest BCUT2D eigenvalue weighted by Crippen LogP contribution is -2.19. The van der Waals surface area contributed by atoms with Crippen molar-refractivity contribution in [2.45, 2.75) is 13.3 Å². The molecule has 0 unspecified atom stereocenters. The van der Waals surface area contributed by atoms with Crippen molar-refractivity contribution in [1.29, 1.82) is 0 Å². The molecule has 2 N–H and O–H groups in total. The van der Waals surface area contributed by atoms with Gasteiger partial charge in [-0.15, -0.1) is 0 Å². The van der Waals surface area contributed by atoms with Crippen molar-refractivity contribution in [1.82, 2.24) is 14.9 Å². The molecular weight excluding hydrogens is 346 g/mol. The third kappa shape index (κ3) is 6.34. The predicted octanol–water partition coefficient (Wildman–Crippen LogP) is 2.19. The first-order chi connectivity index (χ1) is 12.9. The van der Waals surface area contributed by atoms with E-state index in [1.807, 2.05) is 14.1 Å². The van der Waals surface area contributed by atoms with Crippen LogP contribution < -0.4 is 10.6 Å². The lowest BCUT2D eigenvalue weighted by Gasteiger charge is -2.11. The van der Waals surface area contributed by atoms with Crippen molar-refractivity contribution in [3.05, 3.63) is 47.3 Å². The highest BCUT2D eigenvalue weighted by atomic mass is 16.5. The number of hydrogen-bond donors (Lipinski definition) is 2. The summed E-state index contributed by atoms with van der Waals surface area (Å²) in [7, 11) is 5.34. The summed E-state index contributed by atoms with van der Waals surface area (Å²) in [4.78, 5) is 34.8. The molecule has 2 aromatic rings. The molecule has 0 bridgehead atoms. The van der Waals surface area contributed by atoms with Crippen LogP contribution in [-0.2, 0) is 4.74 Å². The summed E-state index contributed by atoms with van der Waals surface area (Å²) in [6.07, 6.45) is 0.937. The summed E-state index contributed by atoms with van der Waals surface area (Å²) in [5.41, 5.74) is 1.78. The van der Waals surface area contributed by atoms with Gasteiger partial charge >= 0.3 is 5.97 Å². The van der Waals surface area contributed by atoms with Crippen LogP contribution in [0, 0.1) is 6.92 Å². The molecule has 8 heteroatoms. The smallest absolute Gasteiger partial charge is 0.337 e. The van der Waals surface area contributed by atoms with Crippen molar-refractivity contribution in [3.63, 3.8) is 0 Å². The molecule has 27 heavy (non-hydrogen) atoms. The molecule has 0 saturated heterocycles. The fourth-order valence-electron chi connectivity index (χ4n) is 2.40. The molecule has 0 atom stereocenters. The van der Waals surface area contributed by atoms with Gasteiger partial charge in [0.25, 0.3) is 5.91 Å². The van der Waals surface area contributed by atoms with Crippen molar-refractivity contribution in [3.8, 4) is 0 Å². The molecule has 1 amide bonds. The van der Waals surface area contributed by atoms with Crippen LogP contribution in [0.4, 0.5) is 11.6 Å². The first kappa shape index (κ1) is 20.3. The number of aromatic nitrogens is 2. The number of esters is 1. The molecular formula is C19H25N5O3. The molecule has 0 radical (unpaired) electrons. The maximum atomic E-state index is 12.5. The molecule has 0 aliphatic carbocycles. The molecule has 1 heterocycles. The molecule has 0 aliphatic rings. The third-order valence-corrected chi connectivity index (χ3v) is 3.69. The van der Waals surface area contributed by atoms with E-state index in [4.69, 9.17) is 4.74 Å². The van der Waals surface area contributed by atoms with Crippen LogP contribution in [-0.4, -0.2) is 61.0 Å². The largest absolute Gasteiger partial charge is 0.465 e. The van der Waals surface area contributed by atoms with Gasteiger partial charge in [0.1, 0.15) is 5.69 Å². The Balaban J connectivity index is 2.06. The van der Waals surface area contributed by atoms with Gasteiger partial charge in [-0.2, -0.15) is 0 Å². The molecule has 1 aromatic heterocycles. The maximum absolute atomic E-state index is 12.5. The predicted molar refractivity (Wildman–Crippen MR) is 104 cm³/mol. The SMILES string of the molecule is COC(=O)c1cccc(NC(=O)c2cc(C)nc(NCCCN(C)C)n2)c1. The number of methoxy groups -OCH3 is 1.